The molecule has 1 aromatic rings. The molecule has 0 fully saturated rings. The van der Waals surface area contributed by atoms with Gasteiger partial charge in [0.1, 0.15) is 12.1 Å². The number of carboxylic acids is 1. The van der Waals surface area contributed by atoms with Gasteiger partial charge in [-0.2, -0.15) is 0 Å². The van der Waals surface area contributed by atoms with Crippen molar-refractivity contribution in [3.05, 3.63) is 17.6 Å². The predicted octanol–water partition coefficient (Wildman–Crippen LogP) is 0.418. The van der Waals surface area contributed by atoms with Gasteiger partial charge in [-0.1, -0.05) is 0 Å². The van der Waals surface area contributed by atoms with E-state index in [-0.39, 0.29) is 6.42 Å². The lowest BCUT2D eigenvalue weighted by Gasteiger charge is -2.18. The zero-order chi connectivity index (χ0) is 11.5. The largest absolute Gasteiger partial charge is 0.481 e. The third-order valence-corrected chi connectivity index (χ3v) is 2.52. The number of carboxylic acid groups (broad SMARTS) is 1. The van der Waals surface area contributed by atoms with Crippen LogP contribution in [-0.4, -0.2) is 34.6 Å². The first-order chi connectivity index (χ1) is 7.68. The number of fused-ring (bicyclic) bond motifs is 1. The maximum absolute atomic E-state index is 10.5. The Bertz CT molecular complexity index is 408. The minimum Gasteiger partial charge on any atom is -0.481 e. The average Bonchev–Trinajstić information content (AvgIpc) is 2.73. The Morgan fingerprint density at radius 1 is 1.56 bits per heavy atom. The Hall–Kier alpha value is -1.69. The van der Waals surface area contributed by atoms with Crippen molar-refractivity contribution < 1.29 is 14.6 Å². The summed E-state index contributed by atoms with van der Waals surface area (Å²) in [5.74, 6) is -0.0439. The van der Waals surface area contributed by atoms with E-state index in [2.05, 4.69) is 9.97 Å². The van der Waals surface area contributed by atoms with E-state index in [0.29, 0.717) is 19.8 Å². The summed E-state index contributed by atoms with van der Waals surface area (Å²) in [6.45, 7) is 1.44. The molecule has 1 aliphatic rings. The lowest BCUT2D eigenvalue weighted by molar-refractivity contribution is -0.136. The van der Waals surface area contributed by atoms with Crippen molar-refractivity contribution >= 4 is 11.8 Å². The topological polar surface area (TPSA) is 75.6 Å². The monoisotopic (exact) mass is 223 g/mol. The third kappa shape index (κ3) is 2.11. The van der Waals surface area contributed by atoms with Gasteiger partial charge >= 0.3 is 5.97 Å². The zero-order valence-corrected chi connectivity index (χ0v) is 9.01. The van der Waals surface area contributed by atoms with Gasteiger partial charge in [-0.25, -0.2) is 9.97 Å². The Morgan fingerprint density at radius 2 is 2.38 bits per heavy atom. The number of ether oxygens (including phenoxy) is 1. The number of aromatic nitrogens is 2. The van der Waals surface area contributed by atoms with Gasteiger partial charge in [0.2, 0.25) is 0 Å². The number of nitrogens with zero attached hydrogens (tertiary/aromatic N) is 3. The van der Waals surface area contributed by atoms with Crippen LogP contribution in [0.25, 0.3) is 0 Å². The van der Waals surface area contributed by atoms with E-state index >= 15 is 0 Å². The molecule has 0 saturated heterocycles. The molecule has 86 valence electrons. The lowest BCUT2D eigenvalue weighted by Crippen LogP contribution is -2.23. The number of anilines is 1. The molecule has 0 saturated carbocycles. The Morgan fingerprint density at radius 3 is 3.12 bits per heavy atom. The Kier molecular flexibility index (Phi) is 3.00. The van der Waals surface area contributed by atoms with Crippen LogP contribution in [-0.2, 0) is 22.7 Å². The third-order valence-electron chi connectivity index (χ3n) is 2.52. The molecule has 0 bridgehead atoms. The molecule has 0 unspecified atom stereocenters. The minimum atomic E-state index is -0.811. The van der Waals surface area contributed by atoms with E-state index in [4.69, 9.17) is 9.84 Å². The first-order valence-electron chi connectivity index (χ1n) is 5.02. The Balaban J connectivity index is 2.14. The van der Waals surface area contributed by atoms with Gasteiger partial charge in [0, 0.05) is 19.2 Å². The van der Waals surface area contributed by atoms with Crippen molar-refractivity contribution in [3.63, 3.8) is 0 Å². The van der Waals surface area contributed by atoms with Crippen LogP contribution in [0.5, 0.6) is 0 Å². The molecular weight excluding hydrogens is 210 g/mol. The standard InChI is InChI=1S/C10H13N3O3/c1-13(3-2-9(14)15)10-7-4-16-5-8(7)11-6-12-10/h6H,2-5H2,1H3,(H,14,15). The molecule has 0 amide bonds. The number of hydrogen-bond donors (Lipinski definition) is 1. The van der Waals surface area contributed by atoms with E-state index in [1.807, 2.05) is 11.9 Å². The van der Waals surface area contributed by atoms with Crippen LogP contribution in [0.1, 0.15) is 17.7 Å². The van der Waals surface area contributed by atoms with Crippen LogP contribution in [0.4, 0.5) is 5.82 Å². The van der Waals surface area contributed by atoms with Crippen molar-refractivity contribution in [2.75, 3.05) is 18.5 Å². The summed E-state index contributed by atoms with van der Waals surface area (Å²) in [4.78, 5) is 20.6. The molecule has 0 spiro atoms. The van der Waals surface area contributed by atoms with Gasteiger partial charge in [-0.15, -0.1) is 0 Å². The number of rotatable bonds is 4. The van der Waals surface area contributed by atoms with E-state index in [1.54, 1.807) is 0 Å². The first-order valence-corrected chi connectivity index (χ1v) is 5.02. The molecule has 0 atom stereocenters. The predicted molar refractivity (Wildman–Crippen MR) is 56.0 cm³/mol. The summed E-state index contributed by atoms with van der Waals surface area (Å²) >= 11 is 0. The second kappa shape index (κ2) is 4.44. The van der Waals surface area contributed by atoms with Crippen molar-refractivity contribution in [3.8, 4) is 0 Å². The maximum atomic E-state index is 10.5. The quantitative estimate of drug-likeness (QED) is 0.797. The molecule has 6 heteroatoms. The number of hydrogen-bond acceptors (Lipinski definition) is 5. The number of carbonyl (C=O) groups is 1. The van der Waals surface area contributed by atoms with E-state index in [1.165, 1.54) is 6.33 Å². The van der Waals surface area contributed by atoms with E-state index in [9.17, 15) is 4.79 Å². The van der Waals surface area contributed by atoms with Gasteiger partial charge < -0.3 is 14.7 Å². The summed E-state index contributed by atoms with van der Waals surface area (Å²) in [6.07, 6.45) is 1.58. The maximum Gasteiger partial charge on any atom is 0.305 e. The van der Waals surface area contributed by atoms with E-state index in [0.717, 1.165) is 17.1 Å². The second-order valence-corrected chi connectivity index (χ2v) is 3.68. The molecule has 6 nitrogen and oxygen atoms in total. The minimum absolute atomic E-state index is 0.0934. The summed E-state index contributed by atoms with van der Waals surface area (Å²) < 4.78 is 5.29. The summed E-state index contributed by atoms with van der Waals surface area (Å²) in [7, 11) is 1.82. The van der Waals surface area contributed by atoms with Crippen LogP contribution >= 0.6 is 0 Å². The average molecular weight is 223 g/mol. The lowest BCUT2D eigenvalue weighted by atomic mass is 10.2. The fourth-order valence-electron chi connectivity index (χ4n) is 1.66. The molecular formula is C10H13N3O3. The molecule has 2 rings (SSSR count). The summed E-state index contributed by atoms with van der Waals surface area (Å²) in [5, 5.41) is 8.62. The highest BCUT2D eigenvalue weighted by Gasteiger charge is 2.19. The van der Waals surface area contributed by atoms with Gasteiger partial charge in [-0.05, 0) is 0 Å². The van der Waals surface area contributed by atoms with Gasteiger partial charge in [0.15, 0.2) is 0 Å². The fraction of sp³-hybridized carbons (Fsp3) is 0.500. The highest BCUT2D eigenvalue weighted by Crippen LogP contribution is 2.25. The van der Waals surface area contributed by atoms with Crippen LogP contribution in [0.15, 0.2) is 6.33 Å². The normalized spacial score (nSPS) is 13.6. The first kappa shape index (κ1) is 10.8. The highest BCUT2D eigenvalue weighted by atomic mass is 16.5. The van der Waals surface area contributed by atoms with Gasteiger partial charge in [0.25, 0.3) is 0 Å². The molecule has 0 aromatic carbocycles. The molecule has 2 heterocycles. The van der Waals surface area contributed by atoms with Crippen molar-refractivity contribution in [2.24, 2.45) is 0 Å². The second-order valence-electron chi connectivity index (χ2n) is 3.68. The molecule has 0 radical (unpaired) electrons. The van der Waals surface area contributed by atoms with Crippen LogP contribution in [0, 0.1) is 0 Å². The van der Waals surface area contributed by atoms with Gasteiger partial charge in [-0.3, -0.25) is 4.79 Å². The molecule has 0 aliphatic carbocycles. The molecule has 16 heavy (non-hydrogen) atoms. The van der Waals surface area contributed by atoms with Crippen molar-refractivity contribution in [2.45, 2.75) is 19.6 Å². The zero-order valence-electron chi connectivity index (χ0n) is 9.01. The Labute approximate surface area is 92.9 Å². The smallest absolute Gasteiger partial charge is 0.305 e. The fourth-order valence-corrected chi connectivity index (χ4v) is 1.66. The summed E-state index contributed by atoms with van der Waals surface area (Å²) in [5.41, 5.74) is 1.86. The van der Waals surface area contributed by atoms with E-state index < -0.39 is 5.97 Å². The molecule has 1 N–H and O–H groups in total. The van der Waals surface area contributed by atoms with Crippen LogP contribution < -0.4 is 4.90 Å². The van der Waals surface area contributed by atoms with Crippen LogP contribution in [0.2, 0.25) is 0 Å². The van der Waals surface area contributed by atoms with Crippen LogP contribution in [0.3, 0.4) is 0 Å². The highest BCUT2D eigenvalue weighted by molar-refractivity contribution is 5.67. The van der Waals surface area contributed by atoms with Gasteiger partial charge in [0.05, 0.1) is 25.3 Å². The molecule has 1 aliphatic heterocycles. The summed E-state index contributed by atoms with van der Waals surface area (Å²) in [6, 6.07) is 0. The van der Waals surface area contributed by atoms with Crippen molar-refractivity contribution in [1.82, 2.24) is 9.97 Å². The number of aliphatic carboxylic acids is 1. The van der Waals surface area contributed by atoms with Crippen molar-refractivity contribution in [1.29, 1.82) is 0 Å². The molecule has 1 aromatic heterocycles. The SMILES string of the molecule is CN(CCC(=O)O)c1ncnc2c1COC2.